The molecule has 2 aromatic carbocycles. The number of nitrogens with one attached hydrogen (secondary N) is 3. The Kier molecular flexibility index (Phi) is 9.52. The molecule has 0 aliphatic carbocycles. The van der Waals surface area contributed by atoms with Crippen LogP contribution in [-0.4, -0.2) is 28.1 Å². The van der Waals surface area contributed by atoms with Crippen molar-refractivity contribution in [2.24, 2.45) is 0 Å². The maximum absolute atomic E-state index is 12.5. The molecule has 2 aromatic rings. The van der Waals surface area contributed by atoms with Gasteiger partial charge in [0, 0.05) is 8.95 Å². The Morgan fingerprint density at radius 1 is 1.13 bits per heavy atom. The molecule has 1 atom stereocenters. The number of halogens is 5. The Morgan fingerprint density at radius 3 is 2.20 bits per heavy atom. The summed E-state index contributed by atoms with van der Waals surface area (Å²) in [6.07, 6.45) is -0.964. The first-order valence-corrected chi connectivity index (χ1v) is 11.6. The molecular weight excluding hydrogens is 600 g/mol. The fraction of sp³-hybridized carbons (Fsp3) is 0.263. The zero-order valence-electron chi connectivity index (χ0n) is 15.9. The van der Waals surface area contributed by atoms with Crippen molar-refractivity contribution in [3.05, 3.63) is 56.5 Å². The molecule has 0 aliphatic rings. The van der Waals surface area contributed by atoms with Crippen LogP contribution in [0.4, 0.5) is 5.69 Å². The van der Waals surface area contributed by atoms with Crippen LogP contribution in [0.3, 0.4) is 0 Å². The molecule has 162 valence electrons. The number of hydrogen-bond acceptors (Lipinski definition) is 3. The topological polar surface area (TPSA) is 62.4 Å². The molecule has 1 amide bonds. The number of hydrogen-bond donors (Lipinski definition) is 3. The van der Waals surface area contributed by atoms with Crippen LogP contribution in [0.2, 0.25) is 0 Å². The summed E-state index contributed by atoms with van der Waals surface area (Å²) in [5, 5.41) is 8.70. The third kappa shape index (κ3) is 7.73. The van der Waals surface area contributed by atoms with Gasteiger partial charge in [0.15, 0.2) is 5.11 Å². The highest BCUT2D eigenvalue weighted by Gasteiger charge is 2.34. The van der Waals surface area contributed by atoms with Crippen molar-refractivity contribution in [3.8, 4) is 5.75 Å². The van der Waals surface area contributed by atoms with E-state index in [0.29, 0.717) is 11.4 Å². The number of anilines is 1. The van der Waals surface area contributed by atoms with Crippen LogP contribution in [0.5, 0.6) is 5.75 Å². The smallest absolute Gasteiger partial charge is 0.228 e. The van der Waals surface area contributed by atoms with Crippen molar-refractivity contribution in [2.75, 3.05) is 12.4 Å². The normalized spacial score (nSPS) is 12.1. The highest BCUT2D eigenvalue weighted by molar-refractivity contribution is 9.11. The summed E-state index contributed by atoms with van der Waals surface area (Å²) in [5.41, 5.74) is 2.54. The Morgan fingerprint density at radius 2 is 1.70 bits per heavy atom. The molecule has 0 aliphatic heterocycles. The average molecular weight is 619 g/mol. The summed E-state index contributed by atoms with van der Waals surface area (Å²) in [6, 6.07) is 11.0. The predicted octanol–water partition coefficient (Wildman–Crippen LogP) is 5.87. The molecule has 0 saturated carbocycles. The maximum atomic E-state index is 12.5. The summed E-state index contributed by atoms with van der Waals surface area (Å²) in [7, 11) is 1.57. The maximum Gasteiger partial charge on any atom is 0.228 e. The van der Waals surface area contributed by atoms with Crippen molar-refractivity contribution in [1.29, 1.82) is 0 Å². The number of rotatable bonds is 6. The van der Waals surface area contributed by atoms with Crippen molar-refractivity contribution in [3.63, 3.8) is 0 Å². The zero-order chi connectivity index (χ0) is 22.5. The number of alkyl halides is 3. The van der Waals surface area contributed by atoms with Crippen molar-refractivity contribution >= 4 is 95.6 Å². The van der Waals surface area contributed by atoms with E-state index in [1.54, 1.807) is 31.4 Å². The van der Waals surface area contributed by atoms with Gasteiger partial charge in [0.05, 0.1) is 19.2 Å². The number of thiocarbonyl (C=S) groups is 1. The van der Waals surface area contributed by atoms with Gasteiger partial charge in [-0.25, -0.2) is 0 Å². The standard InChI is InChI=1S/C19H18Br2Cl3N3O2S/c1-10-7-13(20)16(14(21)8-10)26-18(30)27-17(19(22,23)24)25-15(28)9-11-3-5-12(29-2)6-4-11/h3-8,17H,9H2,1-2H3,(H,25,28)(H2,26,27,30). The minimum atomic E-state index is -1.84. The second kappa shape index (κ2) is 11.2. The van der Waals surface area contributed by atoms with Crippen molar-refractivity contribution < 1.29 is 9.53 Å². The van der Waals surface area contributed by atoms with E-state index in [1.165, 1.54) is 0 Å². The molecule has 0 heterocycles. The molecule has 0 saturated heterocycles. The van der Waals surface area contributed by atoms with E-state index in [4.69, 9.17) is 51.8 Å². The molecule has 0 bridgehead atoms. The van der Waals surface area contributed by atoms with Gasteiger partial charge in [-0.15, -0.1) is 0 Å². The molecule has 1 unspecified atom stereocenters. The van der Waals surface area contributed by atoms with Gasteiger partial charge in [0.2, 0.25) is 9.70 Å². The number of carbonyl (C=O) groups is 1. The van der Waals surface area contributed by atoms with E-state index in [-0.39, 0.29) is 17.4 Å². The summed E-state index contributed by atoms with van der Waals surface area (Å²) in [6.45, 7) is 1.97. The molecule has 0 spiro atoms. The Balaban J connectivity index is 2.05. The van der Waals surface area contributed by atoms with Crippen LogP contribution >= 0.6 is 78.9 Å². The summed E-state index contributed by atoms with van der Waals surface area (Å²) < 4.78 is 4.86. The third-order valence-electron chi connectivity index (χ3n) is 3.86. The number of aryl methyl sites for hydroxylation is 1. The summed E-state index contributed by atoms with van der Waals surface area (Å²) in [5.74, 6) is 0.356. The van der Waals surface area contributed by atoms with Gasteiger partial charge < -0.3 is 20.7 Å². The fourth-order valence-corrected chi connectivity index (χ4v) is 4.60. The van der Waals surface area contributed by atoms with Gasteiger partial charge in [0.1, 0.15) is 11.9 Å². The van der Waals surface area contributed by atoms with Gasteiger partial charge in [0.25, 0.3) is 0 Å². The van der Waals surface area contributed by atoms with Crippen LogP contribution < -0.4 is 20.7 Å². The first-order chi connectivity index (χ1) is 14.0. The number of carbonyl (C=O) groups excluding carboxylic acids is 1. The molecule has 5 nitrogen and oxygen atoms in total. The average Bonchev–Trinajstić information content (AvgIpc) is 2.64. The fourth-order valence-electron chi connectivity index (χ4n) is 2.44. The first kappa shape index (κ1) is 25.5. The number of methoxy groups -OCH3 is 1. The molecule has 2 rings (SSSR count). The highest BCUT2D eigenvalue weighted by Crippen LogP contribution is 2.33. The van der Waals surface area contributed by atoms with E-state index in [9.17, 15) is 4.79 Å². The first-order valence-electron chi connectivity index (χ1n) is 8.51. The highest BCUT2D eigenvalue weighted by atomic mass is 79.9. The molecule has 0 radical (unpaired) electrons. The second-order valence-corrected chi connectivity index (χ2v) is 10.8. The van der Waals surface area contributed by atoms with E-state index in [1.807, 2.05) is 19.1 Å². The number of benzene rings is 2. The largest absolute Gasteiger partial charge is 0.497 e. The molecule has 0 aromatic heterocycles. The third-order valence-corrected chi connectivity index (χ3v) is 5.98. The molecule has 11 heteroatoms. The SMILES string of the molecule is COc1ccc(CC(=O)NC(NC(=S)Nc2c(Br)cc(C)cc2Br)C(Cl)(Cl)Cl)cc1. The minimum absolute atomic E-state index is 0.0954. The van der Waals surface area contributed by atoms with Crippen molar-refractivity contribution in [1.82, 2.24) is 10.6 Å². The van der Waals surface area contributed by atoms with Crippen LogP contribution in [0, 0.1) is 6.92 Å². The number of ether oxygens (including phenoxy) is 1. The lowest BCUT2D eigenvalue weighted by Gasteiger charge is -2.28. The van der Waals surface area contributed by atoms with E-state index < -0.39 is 9.96 Å². The molecule has 0 fully saturated rings. The van der Waals surface area contributed by atoms with E-state index >= 15 is 0 Å². The lowest BCUT2D eigenvalue weighted by atomic mass is 10.1. The quantitative estimate of drug-likeness (QED) is 0.215. The van der Waals surface area contributed by atoms with Crippen LogP contribution in [-0.2, 0) is 11.2 Å². The van der Waals surface area contributed by atoms with Crippen LogP contribution in [0.25, 0.3) is 0 Å². The van der Waals surface area contributed by atoms with Gasteiger partial charge in [-0.3, -0.25) is 4.79 Å². The monoisotopic (exact) mass is 615 g/mol. The molecular formula is C19H18Br2Cl3N3O2S. The summed E-state index contributed by atoms with van der Waals surface area (Å²) >= 11 is 30.4. The van der Waals surface area contributed by atoms with Crippen LogP contribution in [0.1, 0.15) is 11.1 Å². The Labute approximate surface area is 212 Å². The van der Waals surface area contributed by atoms with Gasteiger partial charge in [-0.1, -0.05) is 46.9 Å². The van der Waals surface area contributed by atoms with Gasteiger partial charge in [-0.2, -0.15) is 0 Å². The summed E-state index contributed by atoms with van der Waals surface area (Å²) in [4.78, 5) is 12.5. The van der Waals surface area contributed by atoms with Crippen molar-refractivity contribution in [2.45, 2.75) is 23.3 Å². The Hall–Kier alpha value is -0.770. The van der Waals surface area contributed by atoms with Gasteiger partial charge in [-0.05, 0) is 86.4 Å². The van der Waals surface area contributed by atoms with E-state index in [0.717, 1.165) is 20.1 Å². The second-order valence-electron chi connectivity index (χ2n) is 6.27. The van der Waals surface area contributed by atoms with Gasteiger partial charge >= 0.3 is 0 Å². The Bertz CT molecular complexity index is 901. The molecule has 3 N–H and O–H groups in total. The lowest BCUT2D eigenvalue weighted by Crippen LogP contribution is -2.56. The number of amides is 1. The van der Waals surface area contributed by atoms with E-state index in [2.05, 4.69) is 47.8 Å². The predicted molar refractivity (Wildman–Crippen MR) is 135 cm³/mol. The lowest BCUT2D eigenvalue weighted by molar-refractivity contribution is -0.121. The molecule has 30 heavy (non-hydrogen) atoms. The van der Waals surface area contributed by atoms with Crippen LogP contribution in [0.15, 0.2) is 45.3 Å². The zero-order valence-corrected chi connectivity index (χ0v) is 22.1. The minimum Gasteiger partial charge on any atom is -0.497 e.